The molecule has 1 aromatic carbocycles. The average molecular weight is 734 g/mol. The molecule has 0 unspecified atom stereocenters. The normalized spacial score (nSPS) is 19.5. The van der Waals surface area contributed by atoms with Gasteiger partial charge in [-0.05, 0) is 76.2 Å². The highest BCUT2D eigenvalue weighted by Crippen LogP contribution is 2.30. The molecule has 6 atom stereocenters. The van der Waals surface area contributed by atoms with Crippen molar-refractivity contribution < 1.29 is 29.0 Å². The third-order valence-electron chi connectivity index (χ3n) is 10.8. The molecule has 1 aromatic heterocycles. The number of rotatable bonds is 18. The average Bonchev–Trinajstić information content (AvgIpc) is 3.83. The van der Waals surface area contributed by atoms with E-state index in [0.29, 0.717) is 43.8 Å². The molecular formula is C42H63N5O6. The van der Waals surface area contributed by atoms with E-state index < -0.39 is 53.7 Å². The molecule has 53 heavy (non-hydrogen) atoms. The van der Waals surface area contributed by atoms with Crippen LogP contribution in [0.4, 0.5) is 4.79 Å². The van der Waals surface area contributed by atoms with Gasteiger partial charge in [0.1, 0.15) is 11.6 Å². The number of H-pyrrole nitrogens is 1. The number of aliphatic hydroxyl groups excluding tert-OH is 1. The highest BCUT2D eigenvalue weighted by atomic mass is 16.6. The smallest absolute Gasteiger partial charge is 0.410 e. The molecule has 3 amide bonds. The van der Waals surface area contributed by atoms with E-state index in [1.54, 1.807) is 27.0 Å². The highest BCUT2D eigenvalue weighted by Gasteiger charge is 2.39. The van der Waals surface area contributed by atoms with Crippen molar-refractivity contribution in [2.45, 2.75) is 141 Å². The van der Waals surface area contributed by atoms with Gasteiger partial charge in [-0.2, -0.15) is 0 Å². The molecule has 2 aliphatic rings. The van der Waals surface area contributed by atoms with Crippen LogP contribution >= 0.6 is 0 Å². The molecule has 1 aliphatic heterocycles. The van der Waals surface area contributed by atoms with Crippen LogP contribution in [-0.4, -0.2) is 80.0 Å². The van der Waals surface area contributed by atoms with Crippen LogP contribution in [0.1, 0.15) is 110 Å². The largest absolute Gasteiger partial charge is 0.444 e. The molecule has 1 aliphatic carbocycles. The molecule has 4 rings (SSSR count). The summed E-state index contributed by atoms with van der Waals surface area (Å²) in [5.74, 6) is -1.09. The van der Waals surface area contributed by atoms with Crippen molar-refractivity contribution in [2.24, 2.45) is 23.7 Å². The number of hydrogen-bond donors (Lipinski definition) is 4. The Morgan fingerprint density at radius 3 is 2.36 bits per heavy atom. The quantitative estimate of drug-likeness (QED) is 0.131. The Hall–Kier alpha value is -3.99. The highest BCUT2D eigenvalue weighted by molar-refractivity contribution is 5.94. The van der Waals surface area contributed by atoms with Gasteiger partial charge in [0.15, 0.2) is 5.78 Å². The molecule has 11 heteroatoms. The topological polar surface area (TPSA) is 154 Å². The molecule has 2 fully saturated rings. The van der Waals surface area contributed by atoms with E-state index in [4.69, 9.17) is 4.74 Å². The molecular weight excluding hydrogens is 670 g/mol. The zero-order chi connectivity index (χ0) is 38.5. The number of hydrogen-bond acceptors (Lipinski definition) is 7. The van der Waals surface area contributed by atoms with Gasteiger partial charge >= 0.3 is 6.09 Å². The SMILES string of the molecule is C=C[C@@H](C[C@H](O)[C@H](CC1CCCCC1)NC(=O)[C@H](Cc1cnc[nH]1)NC(=O)[C@@H](CC(=O)[C@@H]1CCCN1C(=O)OC(C)(C)C)Cc1ccccc1)C(C)C. The molecule has 4 N–H and O–H groups in total. The van der Waals surface area contributed by atoms with E-state index >= 15 is 0 Å². The van der Waals surface area contributed by atoms with E-state index in [9.17, 15) is 24.3 Å². The lowest BCUT2D eigenvalue weighted by Crippen LogP contribution is -2.55. The van der Waals surface area contributed by atoms with Crippen LogP contribution in [0.15, 0.2) is 55.5 Å². The number of allylic oxidation sites excluding steroid dienone is 1. The monoisotopic (exact) mass is 733 g/mol. The number of amides is 3. The number of ketones is 1. The third-order valence-corrected chi connectivity index (χ3v) is 10.8. The Balaban J connectivity index is 1.56. The number of imidazole rings is 1. The number of carbonyl (C=O) groups is 4. The number of aliphatic hydroxyl groups is 1. The number of benzene rings is 1. The van der Waals surface area contributed by atoms with E-state index in [0.717, 1.165) is 31.2 Å². The number of carbonyl (C=O) groups excluding carboxylic acids is 4. The summed E-state index contributed by atoms with van der Waals surface area (Å²) in [7, 11) is 0. The fourth-order valence-electron chi connectivity index (χ4n) is 7.75. The van der Waals surface area contributed by atoms with Crippen molar-refractivity contribution in [3.8, 4) is 0 Å². The molecule has 292 valence electrons. The summed E-state index contributed by atoms with van der Waals surface area (Å²) in [4.78, 5) is 64.2. The number of ether oxygens (including phenoxy) is 1. The Bertz CT molecular complexity index is 1470. The summed E-state index contributed by atoms with van der Waals surface area (Å²) in [5, 5.41) is 17.8. The minimum atomic E-state index is -0.998. The number of nitrogens with zero attached hydrogens (tertiary/aromatic N) is 2. The molecule has 0 bridgehead atoms. The van der Waals surface area contributed by atoms with Crippen molar-refractivity contribution in [2.75, 3.05) is 6.54 Å². The second-order valence-electron chi connectivity index (χ2n) is 16.5. The van der Waals surface area contributed by atoms with Gasteiger partial charge in [0.05, 0.1) is 24.5 Å². The van der Waals surface area contributed by atoms with Crippen LogP contribution in [0, 0.1) is 23.7 Å². The van der Waals surface area contributed by atoms with Crippen molar-refractivity contribution in [3.63, 3.8) is 0 Å². The molecule has 2 heterocycles. The van der Waals surface area contributed by atoms with Crippen molar-refractivity contribution >= 4 is 23.7 Å². The maximum absolute atomic E-state index is 14.3. The van der Waals surface area contributed by atoms with Gasteiger partial charge in [0.2, 0.25) is 11.8 Å². The minimum Gasteiger partial charge on any atom is -0.444 e. The van der Waals surface area contributed by atoms with Crippen LogP contribution in [0.3, 0.4) is 0 Å². The first-order valence-corrected chi connectivity index (χ1v) is 19.7. The molecule has 0 radical (unpaired) electrons. The Kier molecular flexibility index (Phi) is 15.7. The van der Waals surface area contributed by atoms with Crippen LogP contribution in [0.5, 0.6) is 0 Å². The van der Waals surface area contributed by atoms with Gasteiger partial charge in [0, 0.05) is 37.2 Å². The van der Waals surface area contributed by atoms with E-state index in [1.165, 1.54) is 17.6 Å². The lowest BCUT2D eigenvalue weighted by Gasteiger charge is -2.33. The lowest BCUT2D eigenvalue weighted by molar-refractivity contribution is -0.134. The summed E-state index contributed by atoms with van der Waals surface area (Å²) < 4.78 is 5.59. The van der Waals surface area contributed by atoms with Gasteiger partial charge in [0.25, 0.3) is 0 Å². The predicted molar refractivity (Wildman–Crippen MR) is 206 cm³/mol. The van der Waals surface area contributed by atoms with Crippen LogP contribution in [-0.2, 0) is 32.0 Å². The Morgan fingerprint density at radius 2 is 1.74 bits per heavy atom. The van der Waals surface area contributed by atoms with Crippen molar-refractivity contribution in [3.05, 3.63) is 66.8 Å². The zero-order valence-corrected chi connectivity index (χ0v) is 32.5. The first-order valence-electron chi connectivity index (χ1n) is 19.7. The Labute approximate surface area is 316 Å². The number of Topliss-reactive ketones (excluding diaryl/α,β-unsaturated/α-hetero) is 1. The Morgan fingerprint density at radius 1 is 1.02 bits per heavy atom. The van der Waals surface area contributed by atoms with Gasteiger partial charge in [-0.3, -0.25) is 19.3 Å². The standard InChI is InChI=1S/C42H63N5O6/c1-7-31(28(2)3)23-37(48)34(22-30-17-12-9-13-18-30)45-40(51)35(25-33-26-43-27-44-33)46-39(50)32(21-29-15-10-8-11-16-29)24-38(49)36-19-14-20-47(36)41(52)53-42(4,5)6/h7-8,10-11,15-16,26-28,30-32,34-37,48H,1,9,12-14,17-25H2,2-6H3,(H,43,44)(H,45,51)(H,46,50)/t31-,32+,34-,35-,36-,37-/m0/s1. The number of aromatic amines is 1. The fraction of sp³-hybridized carbons (Fsp3) is 0.643. The van der Waals surface area contributed by atoms with Crippen molar-refractivity contribution in [1.29, 1.82) is 0 Å². The van der Waals surface area contributed by atoms with Gasteiger partial charge < -0.3 is 25.5 Å². The maximum Gasteiger partial charge on any atom is 0.410 e. The summed E-state index contributed by atoms with van der Waals surface area (Å²) in [6.07, 6.45) is 11.9. The third kappa shape index (κ3) is 13.1. The number of likely N-dealkylation sites (tertiary alicyclic amines) is 1. The molecule has 1 saturated carbocycles. The number of nitrogens with one attached hydrogen (secondary N) is 3. The van der Waals surface area contributed by atoms with Crippen LogP contribution < -0.4 is 10.6 Å². The summed E-state index contributed by atoms with van der Waals surface area (Å²) in [6.45, 7) is 14.0. The number of aromatic nitrogens is 2. The first kappa shape index (κ1) is 41.8. The van der Waals surface area contributed by atoms with Gasteiger partial charge in [-0.15, -0.1) is 6.58 Å². The zero-order valence-electron chi connectivity index (χ0n) is 32.5. The predicted octanol–water partition coefficient (Wildman–Crippen LogP) is 6.32. The molecule has 2 aromatic rings. The van der Waals surface area contributed by atoms with E-state index in [1.807, 2.05) is 36.4 Å². The second-order valence-corrected chi connectivity index (χ2v) is 16.5. The van der Waals surface area contributed by atoms with E-state index in [-0.39, 0.29) is 36.9 Å². The molecule has 11 nitrogen and oxygen atoms in total. The molecule has 1 saturated heterocycles. The second kappa shape index (κ2) is 19.9. The summed E-state index contributed by atoms with van der Waals surface area (Å²) in [6, 6.07) is 7.29. The van der Waals surface area contributed by atoms with Gasteiger partial charge in [-0.25, -0.2) is 9.78 Å². The minimum absolute atomic E-state index is 0.0821. The van der Waals surface area contributed by atoms with E-state index in [2.05, 4.69) is 41.0 Å². The van der Waals surface area contributed by atoms with Gasteiger partial charge in [-0.1, -0.05) is 82.4 Å². The van der Waals surface area contributed by atoms with Crippen LogP contribution in [0.2, 0.25) is 0 Å². The maximum atomic E-state index is 14.3. The molecule has 0 spiro atoms. The fourth-order valence-corrected chi connectivity index (χ4v) is 7.75. The lowest BCUT2D eigenvalue weighted by atomic mass is 9.81. The summed E-state index contributed by atoms with van der Waals surface area (Å²) in [5.41, 5.74) is 0.833. The summed E-state index contributed by atoms with van der Waals surface area (Å²) >= 11 is 0. The van der Waals surface area contributed by atoms with Crippen molar-refractivity contribution in [1.82, 2.24) is 25.5 Å². The first-order chi connectivity index (χ1) is 25.2. The van der Waals surface area contributed by atoms with Crippen LogP contribution in [0.25, 0.3) is 0 Å².